The lowest BCUT2D eigenvalue weighted by molar-refractivity contribution is -0.149. The van der Waals surface area contributed by atoms with Gasteiger partial charge in [-0.2, -0.15) is 0 Å². The minimum Gasteiger partial charge on any atom is -0.465 e. The molecule has 1 rings (SSSR count). The Labute approximate surface area is 110 Å². The number of nitrogens with zero attached hydrogens (tertiary/aromatic N) is 4. The molecule has 1 unspecified atom stereocenters. The maximum Gasteiger partial charge on any atom is 0.325 e. The Kier molecular flexibility index (Phi) is 5.54. The second-order valence-electron chi connectivity index (χ2n) is 4.18. The first-order valence-corrected chi connectivity index (χ1v) is 6.77. The summed E-state index contributed by atoms with van der Waals surface area (Å²) in [5, 5.41) is 11.9. The number of tetrazole rings is 1. The molecular formula is C10H19N5O2S. The molecule has 0 bridgehead atoms. The fourth-order valence-electron chi connectivity index (χ4n) is 1.34. The second-order valence-corrected chi connectivity index (χ2v) is 5.24. The first-order valence-electron chi connectivity index (χ1n) is 5.78. The molecule has 0 aromatic carbocycles. The summed E-state index contributed by atoms with van der Waals surface area (Å²) < 4.78 is 6.53. The van der Waals surface area contributed by atoms with Crippen molar-refractivity contribution < 1.29 is 9.53 Å². The summed E-state index contributed by atoms with van der Waals surface area (Å²) in [5.41, 5.74) is 4.98. The molecule has 1 aromatic heterocycles. The normalized spacial score (nSPS) is 14.2. The third kappa shape index (κ3) is 4.26. The third-order valence-corrected chi connectivity index (χ3v) is 3.49. The molecule has 0 aliphatic carbocycles. The van der Waals surface area contributed by atoms with Crippen molar-refractivity contribution >= 4 is 17.7 Å². The Morgan fingerprint density at radius 1 is 1.61 bits per heavy atom. The van der Waals surface area contributed by atoms with E-state index in [-0.39, 0.29) is 5.97 Å². The summed E-state index contributed by atoms with van der Waals surface area (Å²) >= 11 is 1.54. The Morgan fingerprint density at radius 2 is 2.33 bits per heavy atom. The van der Waals surface area contributed by atoms with Crippen molar-refractivity contribution in [2.75, 3.05) is 12.4 Å². The molecule has 102 valence electrons. The summed E-state index contributed by atoms with van der Waals surface area (Å²) in [6, 6.07) is 0. The van der Waals surface area contributed by atoms with Gasteiger partial charge in [0.1, 0.15) is 5.54 Å². The maximum absolute atomic E-state index is 11.6. The number of ether oxygens (including phenoxy) is 1. The monoisotopic (exact) mass is 273 g/mol. The Hall–Kier alpha value is -1.15. The van der Waals surface area contributed by atoms with Crippen molar-refractivity contribution in [3.63, 3.8) is 0 Å². The predicted octanol–water partition coefficient (Wildman–Crippen LogP) is 0.363. The molecule has 2 N–H and O–H groups in total. The maximum atomic E-state index is 11.6. The SMILES string of the molecule is CCOC(=O)C(C)(N)CCCSc1nnnn1C. The lowest BCUT2D eigenvalue weighted by Crippen LogP contribution is -2.46. The van der Waals surface area contributed by atoms with Crippen LogP contribution in [0.5, 0.6) is 0 Å². The van der Waals surface area contributed by atoms with E-state index in [2.05, 4.69) is 15.5 Å². The molecule has 1 heterocycles. The van der Waals surface area contributed by atoms with E-state index in [1.165, 1.54) is 11.8 Å². The van der Waals surface area contributed by atoms with Gasteiger partial charge in [0.05, 0.1) is 6.61 Å². The van der Waals surface area contributed by atoms with Crippen LogP contribution in [0.15, 0.2) is 5.16 Å². The van der Waals surface area contributed by atoms with Gasteiger partial charge < -0.3 is 10.5 Å². The van der Waals surface area contributed by atoms with Crippen LogP contribution in [0, 0.1) is 0 Å². The Bertz CT molecular complexity index is 393. The van der Waals surface area contributed by atoms with E-state index in [1.54, 1.807) is 25.6 Å². The second kappa shape index (κ2) is 6.69. The van der Waals surface area contributed by atoms with Crippen LogP contribution in [-0.2, 0) is 16.6 Å². The standard InChI is InChI=1S/C10H19N5O2S/c1-4-17-8(16)10(2,11)6-5-7-18-9-12-13-14-15(9)3/h4-7,11H2,1-3H3. The fraction of sp³-hybridized carbons (Fsp3) is 0.800. The van der Waals surface area contributed by atoms with Crippen molar-refractivity contribution in [2.45, 2.75) is 37.4 Å². The molecular weight excluding hydrogens is 254 g/mol. The highest BCUT2D eigenvalue weighted by atomic mass is 32.2. The van der Waals surface area contributed by atoms with E-state index >= 15 is 0 Å². The van der Waals surface area contributed by atoms with Crippen molar-refractivity contribution in [1.82, 2.24) is 20.2 Å². The topological polar surface area (TPSA) is 95.9 Å². The van der Waals surface area contributed by atoms with Gasteiger partial charge in [-0.25, -0.2) is 4.68 Å². The first-order chi connectivity index (χ1) is 8.47. The molecule has 1 aromatic rings. The van der Waals surface area contributed by atoms with Gasteiger partial charge in [-0.3, -0.25) is 4.79 Å². The molecule has 0 fully saturated rings. The van der Waals surface area contributed by atoms with E-state index < -0.39 is 5.54 Å². The number of hydrogen-bond donors (Lipinski definition) is 1. The number of esters is 1. The first kappa shape index (κ1) is 14.9. The molecule has 0 saturated carbocycles. The number of rotatable bonds is 7. The van der Waals surface area contributed by atoms with Crippen LogP contribution in [-0.4, -0.2) is 44.1 Å². The molecule has 8 heteroatoms. The van der Waals surface area contributed by atoms with Gasteiger partial charge in [-0.15, -0.1) is 5.10 Å². The lowest BCUT2D eigenvalue weighted by Gasteiger charge is -2.21. The number of hydrogen-bond acceptors (Lipinski definition) is 7. The van der Waals surface area contributed by atoms with E-state index in [1.807, 2.05) is 0 Å². The molecule has 18 heavy (non-hydrogen) atoms. The quantitative estimate of drug-likeness (QED) is 0.435. The van der Waals surface area contributed by atoms with Crippen LogP contribution >= 0.6 is 11.8 Å². The number of thioether (sulfide) groups is 1. The molecule has 0 radical (unpaired) electrons. The van der Waals surface area contributed by atoms with Crippen LogP contribution < -0.4 is 5.73 Å². The largest absolute Gasteiger partial charge is 0.465 e. The summed E-state index contributed by atoms with van der Waals surface area (Å²) in [5.74, 6) is 0.454. The molecule has 0 aliphatic heterocycles. The Balaban J connectivity index is 2.29. The van der Waals surface area contributed by atoms with Crippen LogP contribution in [0.3, 0.4) is 0 Å². The van der Waals surface area contributed by atoms with E-state index in [4.69, 9.17) is 10.5 Å². The smallest absolute Gasteiger partial charge is 0.325 e. The van der Waals surface area contributed by atoms with Crippen LogP contribution in [0.1, 0.15) is 26.7 Å². The number of carbonyl (C=O) groups excluding carboxylic acids is 1. The van der Waals surface area contributed by atoms with Crippen molar-refractivity contribution in [3.05, 3.63) is 0 Å². The van der Waals surface area contributed by atoms with Crippen molar-refractivity contribution in [3.8, 4) is 0 Å². The molecule has 1 atom stereocenters. The van der Waals surface area contributed by atoms with Crippen LogP contribution in [0.2, 0.25) is 0 Å². The lowest BCUT2D eigenvalue weighted by atomic mass is 9.98. The highest BCUT2D eigenvalue weighted by Crippen LogP contribution is 2.18. The van der Waals surface area contributed by atoms with E-state index in [0.29, 0.717) is 13.0 Å². The van der Waals surface area contributed by atoms with Crippen LogP contribution in [0.25, 0.3) is 0 Å². The Morgan fingerprint density at radius 3 is 2.89 bits per heavy atom. The van der Waals surface area contributed by atoms with E-state index in [0.717, 1.165) is 17.3 Å². The minimum atomic E-state index is -0.922. The molecule has 0 saturated heterocycles. The predicted molar refractivity (Wildman–Crippen MR) is 68.0 cm³/mol. The minimum absolute atomic E-state index is 0.352. The zero-order chi connectivity index (χ0) is 13.6. The average Bonchev–Trinajstić information content (AvgIpc) is 2.71. The molecule has 0 spiro atoms. The molecule has 0 aliphatic rings. The van der Waals surface area contributed by atoms with Crippen molar-refractivity contribution in [2.24, 2.45) is 12.8 Å². The van der Waals surface area contributed by atoms with Gasteiger partial charge in [-0.1, -0.05) is 11.8 Å². The zero-order valence-electron chi connectivity index (χ0n) is 10.9. The number of carbonyl (C=O) groups is 1. The summed E-state index contributed by atoms with van der Waals surface area (Å²) in [6.07, 6.45) is 1.37. The number of aryl methyl sites for hydroxylation is 1. The summed E-state index contributed by atoms with van der Waals surface area (Å²) in [7, 11) is 1.79. The molecule has 7 nitrogen and oxygen atoms in total. The van der Waals surface area contributed by atoms with Gasteiger partial charge >= 0.3 is 5.97 Å². The summed E-state index contributed by atoms with van der Waals surface area (Å²) in [6.45, 7) is 3.81. The number of aromatic nitrogens is 4. The summed E-state index contributed by atoms with van der Waals surface area (Å²) in [4.78, 5) is 11.6. The van der Waals surface area contributed by atoms with Crippen molar-refractivity contribution in [1.29, 1.82) is 0 Å². The zero-order valence-corrected chi connectivity index (χ0v) is 11.7. The van der Waals surface area contributed by atoms with Gasteiger partial charge in [0.2, 0.25) is 5.16 Å². The fourth-order valence-corrected chi connectivity index (χ4v) is 2.13. The third-order valence-electron chi connectivity index (χ3n) is 2.39. The highest BCUT2D eigenvalue weighted by Gasteiger charge is 2.29. The van der Waals surface area contributed by atoms with Crippen LogP contribution in [0.4, 0.5) is 0 Å². The molecule has 0 amide bonds. The highest BCUT2D eigenvalue weighted by molar-refractivity contribution is 7.99. The van der Waals surface area contributed by atoms with Gasteiger partial charge in [0, 0.05) is 12.8 Å². The average molecular weight is 273 g/mol. The van der Waals surface area contributed by atoms with Gasteiger partial charge in [0.25, 0.3) is 0 Å². The van der Waals surface area contributed by atoms with Gasteiger partial charge in [0.15, 0.2) is 0 Å². The number of nitrogens with two attached hydrogens (primary N) is 1. The van der Waals surface area contributed by atoms with Gasteiger partial charge in [-0.05, 0) is 37.1 Å². The van der Waals surface area contributed by atoms with E-state index in [9.17, 15) is 4.79 Å².